The number of non-ortho nitro benzene ring substituents is 1. The zero-order valence-electron chi connectivity index (χ0n) is 10.8. The van der Waals surface area contributed by atoms with E-state index in [1.165, 1.54) is 35.2 Å². The number of rotatable bonds is 1. The first-order valence-electron chi connectivity index (χ1n) is 7.07. The Morgan fingerprint density at radius 3 is 2.79 bits per heavy atom. The lowest BCUT2D eigenvalue weighted by atomic mass is 9.95. The third kappa shape index (κ3) is 1.46. The Kier molecular flexibility index (Phi) is 2.22. The van der Waals surface area contributed by atoms with Crippen molar-refractivity contribution in [2.45, 2.75) is 45.1 Å². The number of nitro groups is 1. The van der Waals surface area contributed by atoms with Crippen LogP contribution < -0.4 is 0 Å². The van der Waals surface area contributed by atoms with E-state index in [1.54, 1.807) is 12.1 Å². The van der Waals surface area contributed by atoms with Gasteiger partial charge in [-0.25, -0.2) is 0 Å². The van der Waals surface area contributed by atoms with Gasteiger partial charge in [0, 0.05) is 29.8 Å². The van der Waals surface area contributed by atoms with Crippen LogP contribution in [-0.4, -0.2) is 9.49 Å². The number of aromatic nitrogens is 1. The molecule has 19 heavy (non-hydrogen) atoms. The van der Waals surface area contributed by atoms with Crippen molar-refractivity contribution < 1.29 is 4.92 Å². The summed E-state index contributed by atoms with van der Waals surface area (Å²) >= 11 is 0. The van der Waals surface area contributed by atoms with Gasteiger partial charge in [-0.05, 0) is 49.7 Å². The van der Waals surface area contributed by atoms with E-state index in [2.05, 4.69) is 4.57 Å². The van der Waals surface area contributed by atoms with Crippen molar-refractivity contribution in [1.82, 2.24) is 4.57 Å². The van der Waals surface area contributed by atoms with Crippen LogP contribution in [0, 0.1) is 10.1 Å². The quantitative estimate of drug-likeness (QED) is 0.580. The molecule has 0 spiro atoms. The van der Waals surface area contributed by atoms with Crippen LogP contribution in [0.4, 0.5) is 5.69 Å². The fourth-order valence-corrected chi connectivity index (χ4v) is 3.81. The smallest absolute Gasteiger partial charge is 0.270 e. The predicted molar refractivity (Wildman–Crippen MR) is 73.6 cm³/mol. The number of benzene rings is 1. The summed E-state index contributed by atoms with van der Waals surface area (Å²) in [7, 11) is 0. The molecule has 0 saturated heterocycles. The van der Waals surface area contributed by atoms with Crippen LogP contribution in [0.2, 0.25) is 0 Å². The Hall–Kier alpha value is -1.84. The van der Waals surface area contributed by atoms with Gasteiger partial charge in [0.1, 0.15) is 0 Å². The van der Waals surface area contributed by atoms with E-state index < -0.39 is 0 Å². The second-order valence-corrected chi connectivity index (χ2v) is 5.65. The van der Waals surface area contributed by atoms with Gasteiger partial charge in [0.25, 0.3) is 5.69 Å². The molecule has 2 aliphatic rings. The molecule has 98 valence electrons. The topological polar surface area (TPSA) is 48.1 Å². The zero-order valence-corrected chi connectivity index (χ0v) is 10.8. The number of hydrogen-bond donors (Lipinski definition) is 0. The SMILES string of the molecule is O=[N+]([O-])c1cc2c3c(c1)c1c(n3CCC2)CCCC1. The first-order valence-corrected chi connectivity index (χ1v) is 7.07. The summed E-state index contributed by atoms with van der Waals surface area (Å²) in [5, 5.41) is 12.3. The van der Waals surface area contributed by atoms with Gasteiger partial charge in [-0.1, -0.05) is 0 Å². The lowest BCUT2D eigenvalue weighted by Crippen LogP contribution is -2.12. The third-order valence-electron chi connectivity index (χ3n) is 4.57. The molecular formula is C15H16N2O2. The van der Waals surface area contributed by atoms with Crippen molar-refractivity contribution in [2.75, 3.05) is 0 Å². The van der Waals surface area contributed by atoms with Gasteiger partial charge in [-0.3, -0.25) is 10.1 Å². The molecule has 1 aliphatic carbocycles. The van der Waals surface area contributed by atoms with E-state index in [9.17, 15) is 10.1 Å². The summed E-state index contributed by atoms with van der Waals surface area (Å²) < 4.78 is 2.44. The Morgan fingerprint density at radius 1 is 1.11 bits per heavy atom. The minimum Gasteiger partial charge on any atom is -0.344 e. The van der Waals surface area contributed by atoms with Crippen molar-refractivity contribution in [3.05, 3.63) is 39.1 Å². The van der Waals surface area contributed by atoms with Gasteiger partial charge >= 0.3 is 0 Å². The summed E-state index contributed by atoms with van der Waals surface area (Å²) in [5.74, 6) is 0. The van der Waals surface area contributed by atoms with Crippen LogP contribution in [0.3, 0.4) is 0 Å². The highest BCUT2D eigenvalue weighted by Gasteiger charge is 2.26. The molecule has 0 unspecified atom stereocenters. The molecule has 0 fully saturated rings. The molecule has 2 heterocycles. The van der Waals surface area contributed by atoms with Crippen LogP contribution in [-0.2, 0) is 25.8 Å². The second-order valence-electron chi connectivity index (χ2n) is 5.65. The highest BCUT2D eigenvalue weighted by molar-refractivity contribution is 5.91. The van der Waals surface area contributed by atoms with Crippen LogP contribution in [0.15, 0.2) is 12.1 Å². The van der Waals surface area contributed by atoms with Crippen LogP contribution in [0.25, 0.3) is 10.9 Å². The molecule has 1 aromatic carbocycles. The normalized spacial score (nSPS) is 17.5. The second kappa shape index (κ2) is 3.83. The Labute approximate surface area is 111 Å². The monoisotopic (exact) mass is 256 g/mol. The number of nitro benzene ring substituents is 1. The highest BCUT2D eigenvalue weighted by atomic mass is 16.6. The van der Waals surface area contributed by atoms with Crippen molar-refractivity contribution in [1.29, 1.82) is 0 Å². The maximum Gasteiger partial charge on any atom is 0.270 e. The largest absolute Gasteiger partial charge is 0.344 e. The fraction of sp³-hybridized carbons (Fsp3) is 0.467. The average molecular weight is 256 g/mol. The van der Waals surface area contributed by atoms with E-state index >= 15 is 0 Å². The molecular weight excluding hydrogens is 240 g/mol. The van der Waals surface area contributed by atoms with Crippen molar-refractivity contribution in [3.63, 3.8) is 0 Å². The minimum atomic E-state index is -0.253. The van der Waals surface area contributed by atoms with E-state index in [4.69, 9.17) is 0 Å². The molecule has 4 rings (SSSR count). The van der Waals surface area contributed by atoms with Crippen LogP contribution >= 0.6 is 0 Å². The van der Waals surface area contributed by atoms with Gasteiger partial charge in [-0.15, -0.1) is 0 Å². The molecule has 4 heteroatoms. The van der Waals surface area contributed by atoms with Crippen LogP contribution in [0.5, 0.6) is 0 Å². The van der Waals surface area contributed by atoms with Gasteiger partial charge in [0.15, 0.2) is 0 Å². The molecule has 1 aliphatic heterocycles. The third-order valence-corrected chi connectivity index (χ3v) is 4.57. The van der Waals surface area contributed by atoms with Crippen molar-refractivity contribution in [2.24, 2.45) is 0 Å². The Balaban J connectivity index is 2.11. The van der Waals surface area contributed by atoms with Gasteiger partial charge < -0.3 is 4.57 Å². The van der Waals surface area contributed by atoms with Crippen molar-refractivity contribution >= 4 is 16.6 Å². The number of hydrogen-bond acceptors (Lipinski definition) is 2. The highest BCUT2D eigenvalue weighted by Crippen LogP contribution is 2.38. The van der Waals surface area contributed by atoms with E-state index in [0.717, 1.165) is 37.6 Å². The summed E-state index contributed by atoms with van der Waals surface area (Å²) in [6, 6.07) is 3.58. The number of aryl methyl sites for hydroxylation is 3. The summed E-state index contributed by atoms with van der Waals surface area (Å²) in [5.41, 5.74) is 5.54. The minimum absolute atomic E-state index is 0.253. The summed E-state index contributed by atoms with van der Waals surface area (Å²) in [6.45, 7) is 1.08. The number of nitrogens with zero attached hydrogens (tertiary/aromatic N) is 2. The molecule has 2 aromatic rings. The molecule has 1 aromatic heterocycles. The maximum absolute atomic E-state index is 11.1. The number of fused-ring (bicyclic) bond motifs is 3. The first kappa shape index (κ1) is 11.0. The standard InChI is InChI=1S/C15H16N2O2/c18-17(19)11-8-10-4-3-7-16-14-6-2-1-5-12(14)13(9-11)15(10)16/h8-9H,1-7H2. The van der Waals surface area contributed by atoms with Gasteiger partial charge in [0.05, 0.1) is 10.4 Å². The van der Waals surface area contributed by atoms with E-state index in [1.807, 2.05) is 0 Å². The van der Waals surface area contributed by atoms with Crippen molar-refractivity contribution in [3.8, 4) is 0 Å². The fourth-order valence-electron chi connectivity index (χ4n) is 3.81. The molecule has 4 nitrogen and oxygen atoms in total. The van der Waals surface area contributed by atoms with Gasteiger partial charge in [-0.2, -0.15) is 0 Å². The molecule has 0 radical (unpaired) electrons. The first-order chi connectivity index (χ1) is 9.25. The average Bonchev–Trinajstić information content (AvgIpc) is 2.76. The zero-order chi connectivity index (χ0) is 13.0. The predicted octanol–water partition coefficient (Wildman–Crippen LogP) is 3.37. The maximum atomic E-state index is 11.1. The van der Waals surface area contributed by atoms with E-state index in [-0.39, 0.29) is 10.6 Å². The summed E-state index contributed by atoms with van der Waals surface area (Å²) in [4.78, 5) is 10.9. The Bertz CT molecular complexity index is 700. The lowest BCUT2D eigenvalue weighted by Gasteiger charge is -2.19. The molecule has 0 saturated carbocycles. The molecule has 0 bridgehead atoms. The molecule has 0 amide bonds. The molecule has 0 atom stereocenters. The lowest BCUT2D eigenvalue weighted by molar-refractivity contribution is -0.384. The van der Waals surface area contributed by atoms with Gasteiger partial charge in [0.2, 0.25) is 0 Å². The Morgan fingerprint density at radius 2 is 1.95 bits per heavy atom. The summed E-state index contributed by atoms with van der Waals surface area (Å²) in [6.07, 6.45) is 6.76. The van der Waals surface area contributed by atoms with Crippen LogP contribution in [0.1, 0.15) is 36.1 Å². The molecule has 0 N–H and O–H groups in total. The van der Waals surface area contributed by atoms with E-state index in [0.29, 0.717) is 0 Å².